The summed E-state index contributed by atoms with van der Waals surface area (Å²) in [6.07, 6.45) is 1.53. The molecule has 1 aromatic rings. The van der Waals surface area contributed by atoms with Crippen molar-refractivity contribution in [3.05, 3.63) is 29.8 Å². The van der Waals surface area contributed by atoms with Crippen molar-refractivity contribution in [3.8, 4) is 0 Å². The van der Waals surface area contributed by atoms with Crippen LogP contribution in [-0.4, -0.2) is 49.7 Å². The second-order valence-corrected chi connectivity index (χ2v) is 7.35. The third kappa shape index (κ3) is 3.63. The second-order valence-electron chi connectivity index (χ2n) is 5.46. The number of benzene rings is 1. The Kier molecular flexibility index (Phi) is 5.37. The van der Waals surface area contributed by atoms with Gasteiger partial charge in [0.15, 0.2) is 0 Å². The standard InChI is InChI=1S/C15H23NO4S/c1-3-4-13-5-7-15(8-6-13)21(18,19)16-9-14(10-17)20-11-12(16)2/h5-8,12,14,17H,3-4,9-11H2,1-2H3. The van der Waals surface area contributed by atoms with Gasteiger partial charge in [-0.25, -0.2) is 8.42 Å². The van der Waals surface area contributed by atoms with Crippen LogP contribution in [0.4, 0.5) is 0 Å². The van der Waals surface area contributed by atoms with E-state index < -0.39 is 16.1 Å². The molecule has 2 rings (SSSR count). The number of rotatable bonds is 5. The predicted octanol–water partition coefficient (Wildman–Crippen LogP) is 1.41. The zero-order valence-electron chi connectivity index (χ0n) is 12.5. The second kappa shape index (κ2) is 6.87. The average molecular weight is 313 g/mol. The molecule has 21 heavy (non-hydrogen) atoms. The van der Waals surface area contributed by atoms with E-state index in [1.165, 1.54) is 4.31 Å². The number of morpholine rings is 1. The lowest BCUT2D eigenvalue weighted by Crippen LogP contribution is -2.51. The summed E-state index contributed by atoms with van der Waals surface area (Å²) in [7, 11) is -3.54. The van der Waals surface area contributed by atoms with Crippen LogP contribution in [0.5, 0.6) is 0 Å². The smallest absolute Gasteiger partial charge is 0.243 e. The van der Waals surface area contributed by atoms with Crippen LogP contribution < -0.4 is 0 Å². The van der Waals surface area contributed by atoms with Gasteiger partial charge in [0.1, 0.15) is 0 Å². The SMILES string of the molecule is CCCc1ccc(S(=O)(=O)N2CC(CO)OCC2C)cc1. The van der Waals surface area contributed by atoms with Crippen LogP contribution in [-0.2, 0) is 21.2 Å². The highest BCUT2D eigenvalue weighted by Gasteiger charge is 2.35. The monoisotopic (exact) mass is 313 g/mol. The maximum absolute atomic E-state index is 12.7. The Bertz CT molecular complexity index is 556. The van der Waals surface area contributed by atoms with Crippen molar-refractivity contribution in [2.45, 2.75) is 43.7 Å². The van der Waals surface area contributed by atoms with E-state index in [4.69, 9.17) is 4.74 Å². The van der Waals surface area contributed by atoms with Crippen molar-refractivity contribution in [1.29, 1.82) is 0 Å². The van der Waals surface area contributed by atoms with Gasteiger partial charge in [-0.2, -0.15) is 4.31 Å². The molecular formula is C15H23NO4S. The first-order valence-corrected chi connectivity index (χ1v) is 8.76. The van der Waals surface area contributed by atoms with Gasteiger partial charge in [-0.05, 0) is 31.0 Å². The van der Waals surface area contributed by atoms with Gasteiger partial charge in [-0.15, -0.1) is 0 Å². The molecule has 5 nitrogen and oxygen atoms in total. The van der Waals surface area contributed by atoms with E-state index in [9.17, 15) is 13.5 Å². The van der Waals surface area contributed by atoms with Gasteiger partial charge in [0.05, 0.1) is 24.2 Å². The Morgan fingerprint density at radius 3 is 2.57 bits per heavy atom. The maximum Gasteiger partial charge on any atom is 0.243 e. The van der Waals surface area contributed by atoms with Crippen LogP contribution in [0.15, 0.2) is 29.2 Å². The first-order valence-electron chi connectivity index (χ1n) is 7.32. The van der Waals surface area contributed by atoms with Crippen molar-refractivity contribution >= 4 is 10.0 Å². The fraction of sp³-hybridized carbons (Fsp3) is 0.600. The molecule has 0 radical (unpaired) electrons. The van der Waals surface area contributed by atoms with Crippen molar-refractivity contribution in [2.24, 2.45) is 0 Å². The third-order valence-electron chi connectivity index (χ3n) is 3.72. The van der Waals surface area contributed by atoms with Crippen molar-refractivity contribution < 1.29 is 18.3 Å². The Hall–Kier alpha value is -0.950. The number of sulfonamides is 1. The zero-order valence-corrected chi connectivity index (χ0v) is 13.3. The fourth-order valence-corrected chi connectivity index (χ4v) is 4.14. The van der Waals surface area contributed by atoms with Crippen LogP contribution in [0.1, 0.15) is 25.8 Å². The molecule has 0 saturated carbocycles. The Balaban J connectivity index is 2.23. The first-order chi connectivity index (χ1) is 9.98. The van der Waals surface area contributed by atoms with E-state index in [2.05, 4.69) is 6.92 Å². The number of aliphatic hydroxyl groups excluding tert-OH is 1. The van der Waals surface area contributed by atoms with E-state index in [0.717, 1.165) is 18.4 Å². The molecule has 0 aromatic heterocycles. The van der Waals surface area contributed by atoms with Crippen LogP contribution in [0.2, 0.25) is 0 Å². The molecule has 0 amide bonds. The third-order valence-corrected chi connectivity index (χ3v) is 5.71. The molecule has 0 bridgehead atoms. The largest absolute Gasteiger partial charge is 0.394 e. The Morgan fingerprint density at radius 2 is 2.00 bits per heavy atom. The summed E-state index contributed by atoms with van der Waals surface area (Å²) in [4.78, 5) is 0.299. The number of nitrogens with zero attached hydrogens (tertiary/aromatic N) is 1. The number of aliphatic hydroxyl groups is 1. The predicted molar refractivity (Wildman–Crippen MR) is 80.6 cm³/mol. The van der Waals surface area contributed by atoms with Gasteiger partial charge >= 0.3 is 0 Å². The van der Waals surface area contributed by atoms with Crippen LogP contribution in [0, 0.1) is 0 Å². The topological polar surface area (TPSA) is 66.8 Å². The molecule has 1 heterocycles. The lowest BCUT2D eigenvalue weighted by molar-refractivity contribution is -0.0516. The van der Waals surface area contributed by atoms with Gasteiger partial charge in [-0.3, -0.25) is 0 Å². The maximum atomic E-state index is 12.7. The van der Waals surface area contributed by atoms with Crippen molar-refractivity contribution in [3.63, 3.8) is 0 Å². The average Bonchev–Trinajstić information content (AvgIpc) is 2.48. The molecule has 1 aliphatic heterocycles. The van der Waals surface area contributed by atoms with Crippen molar-refractivity contribution in [1.82, 2.24) is 4.31 Å². The van der Waals surface area contributed by atoms with Crippen LogP contribution in [0.3, 0.4) is 0 Å². The number of hydrogen-bond acceptors (Lipinski definition) is 4. The summed E-state index contributed by atoms with van der Waals surface area (Å²) in [6.45, 7) is 4.23. The molecule has 118 valence electrons. The highest BCUT2D eigenvalue weighted by atomic mass is 32.2. The van der Waals surface area contributed by atoms with Gasteiger partial charge in [-0.1, -0.05) is 25.5 Å². The van der Waals surface area contributed by atoms with E-state index in [0.29, 0.717) is 11.5 Å². The zero-order chi connectivity index (χ0) is 15.5. The molecule has 0 spiro atoms. The molecular weight excluding hydrogens is 290 g/mol. The summed E-state index contributed by atoms with van der Waals surface area (Å²) >= 11 is 0. The molecule has 1 saturated heterocycles. The van der Waals surface area contributed by atoms with Gasteiger partial charge in [0.25, 0.3) is 0 Å². The molecule has 1 aromatic carbocycles. The minimum atomic E-state index is -3.54. The van der Waals surface area contributed by atoms with Crippen LogP contribution >= 0.6 is 0 Å². The summed E-state index contributed by atoms with van der Waals surface area (Å²) in [5, 5.41) is 9.18. The highest BCUT2D eigenvalue weighted by molar-refractivity contribution is 7.89. The van der Waals surface area contributed by atoms with E-state index in [1.807, 2.05) is 19.1 Å². The normalized spacial score (nSPS) is 24.1. The number of aryl methyl sites for hydroxylation is 1. The van der Waals surface area contributed by atoms with E-state index >= 15 is 0 Å². The summed E-state index contributed by atoms with van der Waals surface area (Å²) in [5.74, 6) is 0. The Labute approximate surface area is 126 Å². The fourth-order valence-electron chi connectivity index (χ4n) is 2.49. The molecule has 1 fully saturated rings. The highest BCUT2D eigenvalue weighted by Crippen LogP contribution is 2.23. The van der Waals surface area contributed by atoms with Gasteiger partial charge < -0.3 is 9.84 Å². The van der Waals surface area contributed by atoms with E-state index in [1.54, 1.807) is 12.1 Å². The molecule has 1 aliphatic rings. The molecule has 2 unspecified atom stereocenters. The molecule has 1 N–H and O–H groups in total. The minimum Gasteiger partial charge on any atom is -0.394 e. The summed E-state index contributed by atoms with van der Waals surface area (Å²) in [5.41, 5.74) is 1.14. The van der Waals surface area contributed by atoms with Crippen LogP contribution in [0.25, 0.3) is 0 Å². The molecule has 0 aliphatic carbocycles. The van der Waals surface area contributed by atoms with E-state index in [-0.39, 0.29) is 19.2 Å². The summed E-state index contributed by atoms with van der Waals surface area (Å²) < 4.78 is 32.3. The minimum absolute atomic E-state index is 0.172. The molecule has 6 heteroatoms. The quantitative estimate of drug-likeness (QED) is 0.892. The number of ether oxygens (including phenoxy) is 1. The van der Waals surface area contributed by atoms with Gasteiger partial charge in [0, 0.05) is 12.6 Å². The molecule has 2 atom stereocenters. The lowest BCUT2D eigenvalue weighted by atomic mass is 10.1. The number of hydrogen-bond donors (Lipinski definition) is 1. The first kappa shape index (κ1) is 16.4. The lowest BCUT2D eigenvalue weighted by Gasteiger charge is -2.36. The Morgan fingerprint density at radius 1 is 1.33 bits per heavy atom. The van der Waals surface area contributed by atoms with Crippen molar-refractivity contribution in [2.75, 3.05) is 19.8 Å². The summed E-state index contributed by atoms with van der Waals surface area (Å²) in [6, 6.07) is 6.83. The van der Waals surface area contributed by atoms with Gasteiger partial charge in [0.2, 0.25) is 10.0 Å².